The highest BCUT2D eigenvalue weighted by Gasteiger charge is 2.49. The van der Waals surface area contributed by atoms with Gasteiger partial charge in [-0.1, -0.05) is 66.7 Å². The van der Waals surface area contributed by atoms with E-state index in [0.29, 0.717) is 0 Å². The molecule has 0 N–H and O–H groups in total. The molecule has 0 unspecified atom stereocenters. The molecule has 42 heavy (non-hydrogen) atoms. The number of aromatic nitrogens is 2. The SMILES string of the molecule is O=C(OC[C@@H]1O[C@@H](n2ccc(=O)n(COCc3ccccc3)c2=O)[C@H](F)[C@H]1OC(=O)c1ccccc1)c1ccccc1. The third kappa shape index (κ3) is 6.54. The number of benzene rings is 3. The summed E-state index contributed by atoms with van der Waals surface area (Å²) in [5.41, 5.74) is -0.271. The molecule has 2 heterocycles. The molecule has 216 valence electrons. The molecule has 4 atom stereocenters. The first kappa shape index (κ1) is 28.7. The Labute approximate surface area is 239 Å². The van der Waals surface area contributed by atoms with E-state index in [1.165, 1.54) is 12.1 Å². The van der Waals surface area contributed by atoms with Crippen LogP contribution >= 0.6 is 0 Å². The van der Waals surface area contributed by atoms with Crippen LogP contribution in [0.5, 0.6) is 0 Å². The monoisotopic (exact) mass is 574 g/mol. The van der Waals surface area contributed by atoms with E-state index >= 15 is 4.39 Å². The van der Waals surface area contributed by atoms with Crippen LogP contribution < -0.4 is 11.2 Å². The van der Waals surface area contributed by atoms with Crippen molar-refractivity contribution in [3.63, 3.8) is 0 Å². The summed E-state index contributed by atoms with van der Waals surface area (Å²) in [4.78, 5) is 51.1. The summed E-state index contributed by atoms with van der Waals surface area (Å²) in [5.74, 6) is -1.51. The zero-order valence-corrected chi connectivity index (χ0v) is 22.3. The lowest BCUT2D eigenvalue weighted by molar-refractivity contribution is -0.0601. The molecule has 0 spiro atoms. The first-order chi connectivity index (χ1) is 20.4. The van der Waals surface area contributed by atoms with E-state index in [-0.39, 0.29) is 24.5 Å². The average molecular weight is 575 g/mol. The number of rotatable bonds is 10. The number of nitrogens with zero attached hydrogens (tertiary/aromatic N) is 2. The molecule has 0 amide bonds. The van der Waals surface area contributed by atoms with Crippen molar-refractivity contribution in [3.8, 4) is 0 Å². The maximum absolute atomic E-state index is 16.0. The van der Waals surface area contributed by atoms with Crippen LogP contribution in [-0.4, -0.2) is 46.1 Å². The topological polar surface area (TPSA) is 115 Å². The van der Waals surface area contributed by atoms with Crippen LogP contribution in [0.15, 0.2) is 113 Å². The van der Waals surface area contributed by atoms with Crippen molar-refractivity contribution in [1.29, 1.82) is 0 Å². The van der Waals surface area contributed by atoms with Gasteiger partial charge in [-0.2, -0.15) is 0 Å². The van der Waals surface area contributed by atoms with Gasteiger partial charge in [-0.05, 0) is 29.8 Å². The number of esters is 2. The minimum absolute atomic E-state index is 0.139. The van der Waals surface area contributed by atoms with Crippen LogP contribution in [0, 0.1) is 0 Å². The molecule has 1 aliphatic rings. The lowest BCUT2D eigenvalue weighted by Gasteiger charge is -2.19. The second-order valence-corrected chi connectivity index (χ2v) is 9.44. The fourth-order valence-electron chi connectivity index (χ4n) is 4.45. The number of halogens is 1. The largest absolute Gasteiger partial charge is 0.459 e. The summed E-state index contributed by atoms with van der Waals surface area (Å²) in [7, 11) is 0. The Morgan fingerprint density at radius 2 is 1.40 bits per heavy atom. The molecule has 1 aliphatic heterocycles. The smallest absolute Gasteiger partial charge is 0.338 e. The predicted octanol–water partition coefficient (Wildman–Crippen LogP) is 3.50. The van der Waals surface area contributed by atoms with Gasteiger partial charge < -0.3 is 18.9 Å². The molecule has 4 aromatic rings. The molecule has 0 bridgehead atoms. The van der Waals surface area contributed by atoms with Gasteiger partial charge in [0.05, 0.1) is 17.7 Å². The Morgan fingerprint density at radius 1 is 0.810 bits per heavy atom. The van der Waals surface area contributed by atoms with Gasteiger partial charge >= 0.3 is 17.6 Å². The van der Waals surface area contributed by atoms with Crippen molar-refractivity contribution < 1.29 is 32.9 Å². The maximum Gasteiger partial charge on any atom is 0.338 e. The van der Waals surface area contributed by atoms with Gasteiger partial charge in [0.25, 0.3) is 5.56 Å². The number of alkyl halides is 1. The van der Waals surface area contributed by atoms with Crippen LogP contribution in [0.4, 0.5) is 4.39 Å². The van der Waals surface area contributed by atoms with Crippen LogP contribution in [0.1, 0.15) is 32.5 Å². The van der Waals surface area contributed by atoms with Gasteiger partial charge in [0.1, 0.15) is 19.4 Å². The molecule has 0 radical (unpaired) electrons. The summed E-state index contributed by atoms with van der Waals surface area (Å²) in [5, 5.41) is 0. The Hall–Kier alpha value is -4.87. The van der Waals surface area contributed by atoms with Crippen LogP contribution in [0.2, 0.25) is 0 Å². The summed E-state index contributed by atoms with van der Waals surface area (Å²) >= 11 is 0. The van der Waals surface area contributed by atoms with E-state index in [4.69, 9.17) is 18.9 Å². The van der Waals surface area contributed by atoms with Gasteiger partial charge in [-0.15, -0.1) is 0 Å². The summed E-state index contributed by atoms with van der Waals surface area (Å²) in [6, 6.07) is 26.3. The van der Waals surface area contributed by atoms with E-state index in [0.717, 1.165) is 27.0 Å². The lowest BCUT2D eigenvalue weighted by Crippen LogP contribution is -2.43. The minimum Gasteiger partial charge on any atom is -0.459 e. The van der Waals surface area contributed by atoms with E-state index in [2.05, 4.69) is 0 Å². The summed E-state index contributed by atoms with van der Waals surface area (Å²) in [6.45, 7) is -0.715. The normalized spacial score (nSPS) is 19.7. The second-order valence-electron chi connectivity index (χ2n) is 9.44. The molecular formula is C31H27FN2O8. The predicted molar refractivity (Wildman–Crippen MR) is 147 cm³/mol. The van der Waals surface area contributed by atoms with E-state index in [1.807, 2.05) is 30.3 Å². The Kier molecular flexibility index (Phi) is 9.00. The van der Waals surface area contributed by atoms with Gasteiger partial charge in [-0.3, -0.25) is 9.36 Å². The van der Waals surface area contributed by atoms with Crippen LogP contribution in [0.25, 0.3) is 0 Å². The molecule has 1 fully saturated rings. The third-order valence-electron chi connectivity index (χ3n) is 6.61. The van der Waals surface area contributed by atoms with Crippen molar-refractivity contribution in [1.82, 2.24) is 9.13 Å². The molecule has 0 aliphatic carbocycles. The fraction of sp³-hybridized carbons (Fsp3) is 0.226. The van der Waals surface area contributed by atoms with Crippen molar-refractivity contribution >= 4 is 11.9 Å². The van der Waals surface area contributed by atoms with E-state index in [9.17, 15) is 19.2 Å². The number of hydrogen-bond donors (Lipinski definition) is 0. The first-order valence-corrected chi connectivity index (χ1v) is 13.1. The van der Waals surface area contributed by atoms with Crippen molar-refractivity contribution in [2.45, 2.75) is 37.9 Å². The van der Waals surface area contributed by atoms with Gasteiger partial charge in [0, 0.05) is 12.3 Å². The number of hydrogen-bond acceptors (Lipinski definition) is 8. The molecule has 1 saturated heterocycles. The minimum atomic E-state index is -2.05. The Morgan fingerprint density at radius 3 is 2.05 bits per heavy atom. The molecule has 10 nitrogen and oxygen atoms in total. The quantitative estimate of drug-likeness (QED) is 0.265. The molecule has 5 rings (SSSR count). The van der Waals surface area contributed by atoms with Gasteiger partial charge in [0.2, 0.25) is 0 Å². The highest BCUT2D eigenvalue weighted by atomic mass is 19.1. The maximum atomic E-state index is 16.0. The van der Waals surface area contributed by atoms with Gasteiger partial charge in [-0.25, -0.2) is 23.3 Å². The summed E-state index contributed by atoms with van der Waals surface area (Å²) in [6.07, 6.45) is -5.33. The molecule has 11 heteroatoms. The number of carbonyl (C=O) groups is 2. The first-order valence-electron chi connectivity index (χ1n) is 13.1. The molecule has 0 saturated carbocycles. The van der Waals surface area contributed by atoms with Crippen LogP contribution in [-0.2, 0) is 32.3 Å². The Bertz CT molecular complexity index is 1630. The molecule has 1 aromatic heterocycles. The standard InChI is InChI=1S/C31H27FN2O8/c32-26-27(42-30(37)23-14-8-3-9-15-23)24(19-40-29(36)22-12-6-2-7-13-22)41-28(26)33-17-16-25(35)34(31(33)38)20-39-18-21-10-4-1-5-11-21/h1-17,24,26-28H,18-20H2/t24-,26+,27-,28+/m0/s1. The average Bonchev–Trinajstić information content (AvgIpc) is 3.33. The number of ether oxygens (including phenoxy) is 4. The highest BCUT2D eigenvalue weighted by molar-refractivity contribution is 5.90. The van der Waals surface area contributed by atoms with Crippen molar-refractivity contribution in [2.75, 3.05) is 6.61 Å². The number of carbonyl (C=O) groups excluding carboxylic acids is 2. The zero-order chi connectivity index (χ0) is 29.5. The van der Waals surface area contributed by atoms with E-state index in [1.54, 1.807) is 48.5 Å². The zero-order valence-electron chi connectivity index (χ0n) is 22.3. The van der Waals surface area contributed by atoms with Crippen molar-refractivity contribution in [3.05, 3.63) is 141 Å². The van der Waals surface area contributed by atoms with Crippen molar-refractivity contribution in [2.24, 2.45) is 0 Å². The molecular weight excluding hydrogens is 547 g/mol. The lowest BCUT2D eigenvalue weighted by atomic mass is 10.1. The summed E-state index contributed by atoms with van der Waals surface area (Å²) < 4.78 is 39.9. The Balaban J connectivity index is 1.36. The van der Waals surface area contributed by atoms with Crippen LogP contribution in [0.3, 0.4) is 0 Å². The fourth-order valence-corrected chi connectivity index (χ4v) is 4.45. The highest BCUT2D eigenvalue weighted by Crippen LogP contribution is 2.34. The van der Waals surface area contributed by atoms with E-state index < -0.39 is 54.4 Å². The third-order valence-corrected chi connectivity index (χ3v) is 6.61. The van der Waals surface area contributed by atoms with Gasteiger partial charge in [0.15, 0.2) is 18.5 Å². The second kappa shape index (κ2) is 13.2. The molecule has 3 aromatic carbocycles.